The highest BCUT2D eigenvalue weighted by Gasteiger charge is 2.21. The maximum Gasteiger partial charge on any atom is 0.341 e. The zero-order chi connectivity index (χ0) is 28.1. The summed E-state index contributed by atoms with van der Waals surface area (Å²) in [5.74, 6) is -1.59. The number of aryl methyl sites for hydroxylation is 1. The van der Waals surface area contributed by atoms with E-state index in [1.54, 1.807) is 31.3 Å². The molecule has 39 heavy (non-hydrogen) atoms. The SMILES string of the molecule is CCOC(=O)c1cc2c(=O)n3ccccc3nc2n(CCCOC(C)C)c1=NC(=O)c1cccc([N+](=O)[O-])c1. The molecule has 4 aromatic rings. The summed E-state index contributed by atoms with van der Waals surface area (Å²) in [5, 5.41) is 11.4. The van der Waals surface area contributed by atoms with Gasteiger partial charge in [0.2, 0.25) is 0 Å². The van der Waals surface area contributed by atoms with E-state index in [4.69, 9.17) is 9.47 Å². The molecule has 12 heteroatoms. The fourth-order valence-electron chi connectivity index (χ4n) is 4.02. The molecule has 0 aliphatic heterocycles. The van der Waals surface area contributed by atoms with Crippen LogP contribution in [0.25, 0.3) is 16.7 Å². The van der Waals surface area contributed by atoms with Gasteiger partial charge >= 0.3 is 5.97 Å². The van der Waals surface area contributed by atoms with Crippen molar-refractivity contribution in [1.82, 2.24) is 14.0 Å². The van der Waals surface area contributed by atoms with E-state index in [0.717, 1.165) is 6.07 Å². The first-order valence-corrected chi connectivity index (χ1v) is 12.4. The van der Waals surface area contributed by atoms with Gasteiger partial charge in [0, 0.05) is 37.0 Å². The van der Waals surface area contributed by atoms with Crippen molar-refractivity contribution in [2.75, 3.05) is 13.2 Å². The van der Waals surface area contributed by atoms with Gasteiger partial charge in [-0.05, 0) is 51.5 Å². The second-order valence-electron chi connectivity index (χ2n) is 8.83. The smallest absolute Gasteiger partial charge is 0.341 e. The minimum Gasteiger partial charge on any atom is -0.462 e. The average Bonchev–Trinajstić information content (AvgIpc) is 2.92. The number of non-ortho nitro benzene ring substituents is 1. The quantitative estimate of drug-likeness (QED) is 0.105. The fraction of sp³-hybridized carbons (Fsp3) is 0.296. The molecule has 0 aliphatic carbocycles. The zero-order valence-corrected chi connectivity index (χ0v) is 21.7. The molecule has 0 saturated carbocycles. The molecule has 0 bridgehead atoms. The Balaban J connectivity index is 2.02. The van der Waals surface area contributed by atoms with Crippen molar-refractivity contribution in [3.8, 4) is 0 Å². The lowest BCUT2D eigenvalue weighted by molar-refractivity contribution is -0.384. The second-order valence-corrected chi connectivity index (χ2v) is 8.83. The van der Waals surface area contributed by atoms with Crippen LogP contribution in [0.5, 0.6) is 0 Å². The Morgan fingerprint density at radius 1 is 1.15 bits per heavy atom. The van der Waals surface area contributed by atoms with Crippen LogP contribution in [0.4, 0.5) is 5.69 Å². The van der Waals surface area contributed by atoms with E-state index in [1.165, 1.54) is 33.2 Å². The van der Waals surface area contributed by atoms with Crippen LogP contribution in [0.1, 0.15) is 47.9 Å². The summed E-state index contributed by atoms with van der Waals surface area (Å²) >= 11 is 0. The molecule has 0 radical (unpaired) electrons. The maximum absolute atomic E-state index is 13.4. The van der Waals surface area contributed by atoms with Gasteiger partial charge in [-0.15, -0.1) is 0 Å². The molecular formula is C27H27N5O7. The highest BCUT2D eigenvalue weighted by molar-refractivity contribution is 5.97. The van der Waals surface area contributed by atoms with E-state index in [2.05, 4.69) is 9.98 Å². The summed E-state index contributed by atoms with van der Waals surface area (Å²) in [6.45, 7) is 6.04. The summed E-state index contributed by atoms with van der Waals surface area (Å²) in [4.78, 5) is 59.2. The summed E-state index contributed by atoms with van der Waals surface area (Å²) in [5.41, 5.74) is -0.335. The van der Waals surface area contributed by atoms with Crippen molar-refractivity contribution in [1.29, 1.82) is 0 Å². The van der Waals surface area contributed by atoms with Crippen molar-refractivity contribution in [3.05, 3.63) is 91.8 Å². The highest BCUT2D eigenvalue weighted by Crippen LogP contribution is 2.15. The minimum absolute atomic E-state index is 0.0102. The number of pyridine rings is 2. The maximum atomic E-state index is 13.4. The van der Waals surface area contributed by atoms with Crippen molar-refractivity contribution in [2.45, 2.75) is 39.8 Å². The molecule has 0 saturated heterocycles. The molecule has 202 valence electrons. The van der Waals surface area contributed by atoms with Gasteiger partial charge < -0.3 is 14.0 Å². The summed E-state index contributed by atoms with van der Waals surface area (Å²) in [7, 11) is 0. The number of nitro groups is 1. The topological polar surface area (TPSA) is 147 Å². The minimum atomic E-state index is -0.812. The summed E-state index contributed by atoms with van der Waals surface area (Å²) in [6, 6.07) is 11.5. The van der Waals surface area contributed by atoms with Gasteiger partial charge in [0.25, 0.3) is 17.2 Å². The first-order chi connectivity index (χ1) is 18.7. The molecule has 0 N–H and O–H groups in total. The van der Waals surface area contributed by atoms with E-state index in [9.17, 15) is 24.5 Å². The lowest BCUT2D eigenvalue weighted by atomic mass is 10.2. The molecule has 0 unspecified atom stereocenters. The largest absolute Gasteiger partial charge is 0.462 e. The third-order valence-corrected chi connectivity index (χ3v) is 5.77. The van der Waals surface area contributed by atoms with Gasteiger partial charge in [-0.1, -0.05) is 12.1 Å². The lowest BCUT2D eigenvalue weighted by Gasteiger charge is -2.15. The first-order valence-electron chi connectivity index (χ1n) is 12.4. The average molecular weight is 534 g/mol. The van der Waals surface area contributed by atoms with E-state index >= 15 is 0 Å². The van der Waals surface area contributed by atoms with Crippen LogP contribution in [0.3, 0.4) is 0 Å². The molecule has 0 fully saturated rings. The third-order valence-electron chi connectivity index (χ3n) is 5.77. The van der Waals surface area contributed by atoms with Crippen LogP contribution in [0.15, 0.2) is 64.5 Å². The first kappa shape index (κ1) is 27.3. The number of carbonyl (C=O) groups is 2. The van der Waals surface area contributed by atoms with Gasteiger partial charge in [-0.3, -0.25) is 24.1 Å². The molecular weight excluding hydrogens is 506 g/mol. The molecule has 1 amide bonds. The second kappa shape index (κ2) is 11.8. The molecule has 1 aromatic carbocycles. The molecule has 4 rings (SSSR count). The predicted molar refractivity (Wildman–Crippen MR) is 142 cm³/mol. The Morgan fingerprint density at radius 2 is 1.95 bits per heavy atom. The number of carbonyl (C=O) groups excluding carboxylic acids is 2. The number of hydrogen-bond acceptors (Lipinski definition) is 8. The zero-order valence-electron chi connectivity index (χ0n) is 21.7. The Bertz CT molecular complexity index is 1700. The third kappa shape index (κ3) is 5.91. The number of benzene rings is 1. The molecule has 3 aromatic heterocycles. The Labute approximate surface area is 222 Å². The van der Waals surface area contributed by atoms with E-state index < -0.39 is 22.4 Å². The number of nitro benzene ring substituents is 1. The van der Waals surface area contributed by atoms with E-state index in [-0.39, 0.29) is 52.6 Å². The van der Waals surface area contributed by atoms with Crippen LogP contribution in [0, 0.1) is 10.1 Å². The predicted octanol–water partition coefficient (Wildman–Crippen LogP) is 3.29. The van der Waals surface area contributed by atoms with Crippen LogP contribution >= 0.6 is 0 Å². The Kier molecular flexibility index (Phi) is 8.25. The van der Waals surface area contributed by atoms with Gasteiger partial charge in [0.1, 0.15) is 16.9 Å². The monoisotopic (exact) mass is 533 g/mol. The molecule has 0 aliphatic rings. The number of nitrogens with zero attached hydrogens (tertiary/aromatic N) is 5. The number of esters is 1. The highest BCUT2D eigenvalue weighted by atomic mass is 16.6. The van der Waals surface area contributed by atoms with Crippen molar-refractivity contribution in [3.63, 3.8) is 0 Å². The number of rotatable bonds is 9. The fourth-order valence-corrected chi connectivity index (χ4v) is 4.02. The molecule has 0 spiro atoms. The Morgan fingerprint density at radius 3 is 2.67 bits per heavy atom. The van der Waals surface area contributed by atoms with Crippen LogP contribution in [-0.4, -0.2) is 50.1 Å². The standard InChI is InChI=1S/C27H27N5O7/c1-4-38-27(35)21-16-20-23(28-22-11-5-6-12-30(22)26(20)34)31(13-8-14-39-17(2)3)24(21)29-25(33)18-9-7-10-19(15-18)32(36)37/h5-7,9-12,15-17H,4,8,13-14H2,1-3H3. The summed E-state index contributed by atoms with van der Waals surface area (Å²) in [6.07, 6.45) is 2.01. The van der Waals surface area contributed by atoms with E-state index in [0.29, 0.717) is 18.7 Å². The van der Waals surface area contributed by atoms with Crippen LogP contribution < -0.4 is 11.0 Å². The van der Waals surface area contributed by atoms with Gasteiger partial charge in [-0.25, -0.2) is 9.78 Å². The Hall–Kier alpha value is -4.71. The van der Waals surface area contributed by atoms with Crippen molar-refractivity contribution in [2.24, 2.45) is 4.99 Å². The molecule has 12 nitrogen and oxygen atoms in total. The number of ether oxygens (including phenoxy) is 2. The number of amides is 1. The van der Waals surface area contributed by atoms with Crippen molar-refractivity contribution < 1.29 is 24.0 Å². The van der Waals surface area contributed by atoms with Crippen LogP contribution in [0.2, 0.25) is 0 Å². The molecule has 3 heterocycles. The lowest BCUT2D eigenvalue weighted by Crippen LogP contribution is -2.33. The van der Waals surface area contributed by atoms with Gasteiger partial charge in [-0.2, -0.15) is 4.99 Å². The number of aromatic nitrogens is 3. The van der Waals surface area contributed by atoms with Gasteiger partial charge in [0.15, 0.2) is 5.49 Å². The van der Waals surface area contributed by atoms with Crippen LogP contribution in [-0.2, 0) is 16.0 Å². The van der Waals surface area contributed by atoms with Gasteiger partial charge in [0.05, 0.1) is 23.0 Å². The van der Waals surface area contributed by atoms with Crippen molar-refractivity contribution >= 4 is 34.2 Å². The van der Waals surface area contributed by atoms with E-state index in [1.807, 2.05) is 13.8 Å². The molecule has 0 atom stereocenters. The number of hydrogen-bond donors (Lipinski definition) is 0. The summed E-state index contributed by atoms with van der Waals surface area (Å²) < 4.78 is 13.8. The number of fused-ring (bicyclic) bond motifs is 2. The normalized spacial score (nSPS) is 11.8.